The molecule has 4 heterocycles. The minimum Gasteiger partial charge on any atom is -0.388 e. The van der Waals surface area contributed by atoms with Crippen LogP contribution in [0.2, 0.25) is 0 Å². The number of nitriles is 1. The number of hydrogen-bond donors (Lipinski definition) is 1. The van der Waals surface area contributed by atoms with Crippen molar-refractivity contribution in [3.8, 4) is 17.6 Å². The summed E-state index contributed by atoms with van der Waals surface area (Å²) >= 11 is 0. The van der Waals surface area contributed by atoms with Crippen LogP contribution in [0.1, 0.15) is 29.4 Å². The molecule has 5 rings (SSSR count). The van der Waals surface area contributed by atoms with Crippen LogP contribution in [0.4, 0.5) is 15.1 Å². The van der Waals surface area contributed by atoms with Crippen LogP contribution in [-0.2, 0) is 13.7 Å². The average Bonchev–Trinajstić information content (AvgIpc) is 3.55. The topological polar surface area (TPSA) is 140 Å². The fourth-order valence-corrected chi connectivity index (χ4v) is 4.34. The van der Waals surface area contributed by atoms with Gasteiger partial charge in [0.05, 0.1) is 17.7 Å². The van der Waals surface area contributed by atoms with Crippen LogP contribution in [0.15, 0.2) is 35.6 Å². The molecular weight excluding hydrogens is 467 g/mol. The third-order valence-electron chi connectivity index (χ3n) is 6.11. The van der Waals surface area contributed by atoms with Gasteiger partial charge in [-0.2, -0.15) is 15.5 Å². The first-order valence-electron chi connectivity index (χ1n) is 11.4. The molecule has 36 heavy (non-hydrogen) atoms. The van der Waals surface area contributed by atoms with Gasteiger partial charge in [0.2, 0.25) is 5.95 Å². The fraction of sp³-hybridized carbons (Fsp3) is 0.348. The van der Waals surface area contributed by atoms with E-state index in [1.165, 1.54) is 11.1 Å². The molecular formula is C23H23FN10O2. The van der Waals surface area contributed by atoms with E-state index in [9.17, 15) is 14.3 Å². The largest absolute Gasteiger partial charge is 0.388 e. The summed E-state index contributed by atoms with van der Waals surface area (Å²) in [5, 5.41) is 28.2. The summed E-state index contributed by atoms with van der Waals surface area (Å²) in [6, 6.07) is 7.02. The molecule has 12 nitrogen and oxygen atoms in total. The zero-order valence-electron chi connectivity index (χ0n) is 19.5. The van der Waals surface area contributed by atoms with E-state index in [1.54, 1.807) is 41.2 Å². The van der Waals surface area contributed by atoms with E-state index in [1.807, 2.05) is 11.0 Å². The third-order valence-corrected chi connectivity index (χ3v) is 6.11. The number of aliphatic hydroxyl groups is 1. The SMILES string of the molecule is Cn1nc(CO)nc1-c1ccnc(N2CCN(C(=O)N3N=CC[C@H]3c3cc(F)cc(C#N)c3)CC2)n1. The number of carbonyl (C=O) groups excluding carboxylic acids is 1. The number of halogens is 1. The Labute approximate surface area is 205 Å². The Morgan fingerprint density at radius 1 is 1.22 bits per heavy atom. The molecule has 0 aliphatic carbocycles. The molecule has 1 fully saturated rings. The molecule has 1 atom stereocenters. The number of amides is 2. The zero-order chi connectivity index (χ0) is 25.2. The van der Waals surface area contributed by atoms with Gasteiger partial charge in [0, 0.05) is 52.1 Å². The van der Waals surface area contributed by atoms with Crippen LogP contribution in [0.25, 0.3) is 11.5 Å². The number of hydrogen-bond acceptors (Lipinski definition) is 9. The second-order valence-corrected chi connectivity index (χ2v) is 8.41. The van der Waals surface area contributed by atoms with Crippen molar-refractivity contribution in [1.82, 2.24) is 34.6 Å². The first-order valence-corrected chi connectivity index (χ1v) is 11.4. The second-order valence-electron chi connectivity index (χ2n) is 8.41. The van der Waals surface area contributed by atoms with E-state index in [4.69, 9.17) is 5.26 Å². The second kappa shape index (κ2) is 9.67. The quantitative estimate of drug-likeness (QED) is 0.580. The van der Waals surface area contributed by atoms with Crippen LogP contribution in [0, 0.1) is 17.1 Å². The van der Waals surface area contributed by atoms with Crippen LogP contribution in [-0.4, -0.2) is 78.2 Å². The van der Waals surface area contributed by atoms with Gasteiger partial charge in [-0.3, -0.25) is 0 Å². The maximum absolute atomic E-state index is 14.0. The number of piperazine rings is 1. The minimum absolute atomic E-state index is 0.203. The number of aromatic nitrogens is 5. The fourth-order valence-electron chi connectivity index (χ4n) is 4.34. The number of rotatable bonds is 4. The monoisotopic (exact) mass is 490 g/mol. The Kier molecular flexibility index (Phi) is 6.26. The summed E-state index contributed by atoms with van der Waals surface area (Å²) in [7, 11) is 1.73. The molecule has 3 aromatic rings. The maximum atomic E-state index is 14.0. The van der Waals surface area contributed by atoms with Gasteiger partial charge in [-0.1, -0.05) is 0 Å². The molecule has 13 heteroatoms. The van der Waals surface area contributed by atoms with Gasteiger partial charge < -0.3 is 14.9 Å². The summed E-state index contributed by atoms with van der Waals surface area (Å²) in [6.45, 7) is 1.61. The number of urea groups is 1. The molecule has 0 unspecified atom stereocenters. The molecule has 2 amide bonds. The maximum Gasteiger partial charge on any atom is 0.341 e. The molecule has 184 valence electrons. The molecule has 2 aliphatic heterocycles. The van der Waals surface area contributed by atoms with Gasteiger partial charge in [0.25, 0.3) is 0 Å². The highest BCUT2D eigenvalue weighted by atomic mass is 19.1. The Hall–Kier alpha value is -4.44. The molecule has 2 aliphatic rings. The Balaban J connectivity index is 1.26. The number of nitrogens with zero attached hydrogens (tertiary/aromatic N) is 10. The van der Waals surface area contributed by atoms with Crippen molar-refractivity contribution < 1.29 is 14.3 Å². The predicted molar refractivity (Wildman–Crippen MR) is 126 cm³/mol. The van der Waals surface area contributed by atoms with Crippen LogP contribution in [0.3, 0.4) is 0 Å². The van der Waals surface area contributed by atoms with E-state index >= 15 is 0 Å². The van der Waals surface area contributed by atoms with Crippen molar-refractivity contribution in [2.75, 3.05) is 31.1 Å². The summed E-state index contributed by atoms with van der Waals surface area (Å²) in [5.41, 5.74) is 1.32. The van der Waals surface area contributed by atoms with Crippen molar-refractivity contribution in [1.29, 1.82) is 5.26 Å². The number of benzene rings is 1. The molecule has 0 saturated carbocycles. The lowest BCUT2D eigenvalue weighted by Crippen LogP contribution is -2.52. The van der Waals surface area contributed by atoms with E-state index < -0.39 is 11.9 Å². The molecule has 0 spiro atoms. The van der Waals surface area contributed by atoms with Crippen molar-refractivity contribution >= 4 is 18.2 Å². The standard InChI is InChI=1S/C23H23FN10O2/c1-31-21(29-20(14-35)30-31)18-2-4-26-22(28-18)32-6-8-33(9-7-32)23(36)34-19(3-5-27-34)16-10-15(13-25)11-17(24)12-16/h2,4-5,10-12,19,35H,3,6-9,14H2,1H3/t19-/m0/s1. The normalized spacial score (nSPS) is 17.5. The van der Waals surface area contributed by atoms with Gasteiger partial charge in [0.15, 0.2) is 11.6 Å². The van der Waals surface area contributed by atoms with Crippen molar-refractivity contribution in [2.45, 2.75) is 19.1 Å². The van der Waals surface area contributed by atoms with Gasteiger partial charge in [-0.15, -0.1) is 0 Å². The van der Waals surface area contributed by atoms with Crippen LogP contribution < -0.4 is 4.90 Å². The van der Waals surface area contributed by atoms with Gasteiger partial charge >= 0.3 is 6.03 Å². The number of aliphatic hydroxyl groups excluding tert-OH is 1. The lowest BCUT2D eigenvalue weighted by Gasteiger charge is -2.37. The molecule has 2 aromatic heterocycles. The average molecular weight is 491 g/mol. The summed E-state index contributed by atoms with van der Waals surface area (Å²) in [5.74, 6) is 0.818. The smallest absolute Gasteiger partial charge is 0.341 e. The Bertz CT molecular complexity index is 1360. The highest BCUT2D eigenvalue weighted by Gasteiger charge is 2.34. The lowest BCUT2D eigenvalue weighted by atomic mass is 10.0. The summed E-state index contributed by atoms with van der Waals surface area (Å²) < 4.78 is 15.5. The van der Waals surface area contributed by atoms with Crippen LogP contribution in [0.5, 0.6) is 0 Å². The molecule has 1 aromatic carbocycles. The van der Waals surface area contributed by atoms with Crippen molar-refractivity contribution in [3.63, 3.8) is 0 Å². The third kappa shape index (κ3) is 4.46. The van der Waals surface area contributed by atoms with E-state index in [0.29, 0.717) is 61.5 Å². The van der Waals surface area contributed by atoms with Gasteiger partial charge in [0.1, 0.15) is 18.1 Å². The summed E-state index contributed by atoms with van der Waals surface area (Å²) in [6.07, 6.45) is 3.71. The Morgan fingerprint density at radius 3 is 2.75 bits per heavy atom. The van der Waals surface area contributed by atoms with E-state index in [2.05, 4.69) is 25.2 Å². The first-order chi connectivity index (χ1) is 17.5. The number of aryl methyl sites for hydroxylation is 1. The predicted octanol–water partition coefficient (Wildman–Crippen LogP) is 1.45. The number of hydrazone groups is 1. The van der Waals surface area contributed by atoms with Gasteiger partial charge in [-0.05, 0) is 29.8 Å². The van der Waals surface area contributed by atoms with Crippen LogP contribution >= 0.6 is 0 Å². The Morgan fingerprint density at radius 2 is 2.03 bits per heavy atom. The van der Waals surface area contributed by atoms with Gasteiger partial charge in [-0.25, -0.2) is 33.8 Å². The molecule has 0 bridgehead atoms. The van der Waals surface area contributed by atoms with E-state index in [0.717, 1.165) is 6.07 Å². The highest BCUT2D eigenvalue weighted by molar-refractivity contribution is 5.79. The molecule has 1 N–H and O–H groups in total. The molecule has 0 radical (unpaired) electrons. The van der Waals surface area contributed by atoms with E-state index in [-0.39, 0.29) is 18.2 Å². The zero-order valence-corrected chi connectivity index (χ0v) is 19.5. The minimum atomic E-state index is -0.520. The summed E-state index contributed by atoms with van der Waals surface area (Å²) in [4.78, 5) is 30.2. The first kappa shape index (κ1) is 23.3. The van der Waals surface area contributed by atoms with Crippen molar-refractivity contribution in [2.24, 2.45) is 12.1 Å². The lowest BCUT2D eigenvalue weighted by molar-refractivity contribution is 0.139. The molecule has 1 saturated heterocycles. The number of anilines is 1. The highest BCUT2D eigenvalue weighted by Crippen LogP contribution is 2.30. The van der Waals surface area contributed by atoms with Crippen molar-refractivity contribution in [3.05, 3.63) is 53.2 Å². The number of carbonyl (C=O) groups is 1.